The maximum absolute atomic E-state index is 11.9. The van der Waals surface area contributed by atoms with Crippen molar-refractivity contribution in [2.24, 2.45) is 9.98 Å². The van der Waals surface area contributed by atoms with E-state index in [4.69, 9.17) is 44.9 Å². The standard InChI is InChI=1S/C17H15ClN2O2.C17H15ClN2OS/c1-10-7-12-14(8-15(10)22-2)20-16(21)9-19-17(12)11-5-3-4-6-13(11)18;1-10-7-12-14(8-15(10)21-2)20-16(22)9-19-17(12)11-5-3-4-6-13(11)18/h3-8H,9H2,1-2H3,(H,20,21);3-8H,9H2,1-2H3,(H,20,22). The second-order valence-electron chi connectivity index (χ2n) is 10.1. The molecule has 2 N–H and O–H groups in total. The maximum Gasteiger partial charge on any atom is 0.246 e. The third kappa shape index (κ3) is 6.63. The Hall–Kier alpha value is -4.24. The number of anilines is 2. The predicted octanol–water partition coefficient (Wildman–Crippen LogP) is 7.69. The van der Waals surface area contributed by atoms with Crippen molar-refractivity contribution < 1.29 is 14.3 Å². The van der Waals surface area contributed by atoms with E-state index >= 15 is 0 Å². The average molecular weight is 646 g/mol. The van der Waals surface area contributed by atoms with Crippen molar-refractivity contribution in [3.8, 4) is 11.5 Å². The molecule has 4 aromatic rings. The monoisotopic (exact) mass is 644 g/mol. The molecule has 0 unspecified atom stereocenters. The molecule has 0 aromatic heterocycles. The van der Waals surface area contributed by atoms with Gasteiger partial charge in [0.05, 0.1) is 43.6 Å². The number of rotatable bonds is 4. The first-order valence-electron chi connectivity index (χ1n) is 13.8. The van der Waals surface area contributed by atoms with Crippen LogP contribution in [-0.4, -0.2) is 49.6 Å². The Morgan fingerprint density at radius 2 is 1.14 bits per heavy atom. The van der Waals surface area contributed by atoms with Crippen LogP contribution in [0.15, 0.2) is 82.8 Å². The summed E-state index contributed by atoms with van der Waals surface area (Å²) in [4.78, 5) is 21.7. The zero-order valence-electron chi connectivity index (χ0n) is 24.6. The van der Waals surface area contributed by atoms with Crippen LogP contribution < -0.4 is 20.1 Å². The smallest absolute Gasteiger partial charge is 0.246 e. The fourth-order valence-electron chi connectivity index (χ4n) is 5.03. The molecular weight excluding hydrogens is 615 g/mol. The first-order chi connectivity index (χ1) is 21.2. The quantitative estimate of drug-likeness (QED) is 0.223. The van der Waals surface area contributed by atoms with Gasteiger partial charge >= 0.3 is 0 Å². The van der Waals surface area contributed by atoms with Gasteiger partial charge in [0.25, 0.3) is 0 Å². The highest BCUT2D eigenvalue weighted by atomic mass is 35.5. The lowest BCUT2D eigenvalue weighted by Crippen LogP contribution is -2.13. The van der Waals surface area contributed by atoms with Gasteiger partial charge in [-0.3, -0.25) is 14.8 Å². The number of benzodiazepines with no additional fused rings is 2. The number of fused-ring (bicyclic) bond motifs is 2. The number of carbonyl (C=O) groups excluding carboxylic acids is 1. The molecule has 0 aliphatic carbocycles. The van der Waals surface area contributed by atoms with Crippen molar-refractivity contribution in [2.75, 3.05) is 37.9 Å². The Morgan fingerprint density at radius 3 is 1.61 bits per heavy atom. The van der Waals surface area contributed by atoms with Crippen LogP contribution in [0.1, 0.15) is 33.4 Å². The third-order valence-corrected chi connectivity index (χ3v) is 8.04. The molecule has 0 saturated carbocycles. The first-order valence-corrected chi connectivity index (χ1v) is 14.9. The molecule has 7 nitrogen and oxygen atoms in total. The lowest BCUT2D eigenvalue weighted by atomic mass is 9.98. The van der Waals surface area contributed by atoms with Gasteiger partial charge in [0, 0.05) is 44.4 Å². The van der Waals surface area contributed by atoms with E-state index in [1.165, 1.54) is 0 Å². The van der Waals surface area contributed by atoms with E-state index in [-0.39, 0.29) is 12.5 Å². The number of benzene rings is 4. The summed E-state index contributed by atoms with van der Waals surface area (Å²) in [6.45, 7) is 4.46. The number of methoxy groups -OCH3 is 2. The van der Waals surface area contributed by atoms with Gasteiger partial charge in [0.1, 0.15) is 23.0 Å². The molecule has 0 fully saturated rings. The van der Waals surface area contributed by atoms with Crippen LogP contribution in [0.5, 0.6) is 11.5 Å². The molecule has 1 amide bonds. The second kappa shape index (κ2) is 13.6. The summed E-state index contributed by atoms with van der Waals surface area (Å²) in [6.07, 6.45) is 0. The summed E-state index contributed by atoms with van der Waals surface area (Å²) in [7, 11) is 3.27. The van der Waals surface area contributed by atoms with Crippen molar-refractivity contribution in [2.45, 2.75) is 13.8 Å². The molecule has 0 bridgehead atoms. The average Bonchev–Trinajstić information content (AvgIpc) is 3.27. The molecule has 2 aliphatic rings. The highest BCUT2D eigenvalue weighted by molar-refractivity contribution is 7.80. The Labute approximate surface area is 271 Å². The number of halogens is 2. The molecule has 224 valence electrons. The number of nitrogens with one attached hydrogen (secondary N) is 2. The zero-order valence-corrected chi connectivity index (χ0v) is 27.0. The van der Waals surface area contributed by atoms with E-state index < -0.39 is 0 Å². The number of hydrogen-bond donors (Lipinski definition) is 2. The Kier molecular flexibility index (Phi) is 9.64. The van der Waals surface area contributed by atoms with Crippen LogP contribution >= 0.6 is 35.4 Å². The molecule has 2 heterocycles. The van der Waals surface area contributed by atoms with Crippen LogP contribution in [0.3, 0.4) is 0 Å². The summed E-state index contributed by atoms with van der Waals surface area (Å²) in [5.74, 6) is 1.38. The number of thiocarbonyl (C=S) groups is 1. The summed E-state index contributed by atoms with van der Waals surface area (Å²) < 4.78 is 10.7. The zero-order chi connectivity index (χ0) is 31.4. The van der Waals surface area contributed by atoms with Gasteiger partial charge in [-0.1, -0.05) is 71.8 Å². The van der Waals surface area contributed by atoms with Crippen LogP contribution in [-0.2, 0) is 4.79 Å². The van der Waals surface area contributed by atoms with Crippen molar-refractivity contribution >= 4 is 69.1 Å². The minimum absolute atomic E-state index is 0.0661. The van der Waals surface area contributed by atoms with Gasteiger partial charge in [-0.2, -0.15) is 0 Å². The van der Waals surface area contributed by atoms with Gasteiger partial charge in [0.15, 0.2) is 0 Å². The predicted molar refractivity (Wildman–Crippen MR) is 184 cm³/mol. The van der Waals surface area contributed by atoms with Gasteiger partial charge in [-0.15, -0.1) is 0 Å². The summed E-state index contributed by atoms with van der Waals surface area (Å²) in [5, 5.41) is 7.39. The number of amides is 1. The molecular formula is C34H30Cl2N4O3S. The lowest BCUT2D eigenvalue weighted by molar-refractivity contribution is -0.114. The number of hydrogen-bond acceptors (Lipinski definition) is 6. The van der Waals surface area contributed by atoms with Crippen LogP contribution in [0.2, 0.25) is 10.0 Å². The Balaban J connectivity index is 0.000000175. The van der Waals surface area contributed by atoms with E-state index in [1.807, 2.05) is 80.6 Å². The van der Waals surface area contributed by atoms with E-state index in [1.54, 1.807) is 14.2 Å². The SMILES string of the molecule is COc1cc2c(cc1C)C(c1ccccc1Cl)=NCC(=O)N2.COc1cc2c(cc1C)C(c1ccccc1Cl)=NCC(=S)N2. The number of ether oxygens (including phenoxy) is 2. The fraction of sp³-hybridized carbons (Fsp3) is 0.176. The van der Waals surface area contributed by atoms with Crippen molar-refractivity contribution in [1.82, 2.24) is 0 Å². The summed E-state index contributed by atoms with van der Waals surface area (Å²) in [6, 6.07) is 23.0. The highest BCUT2D eigenvalue weighted by Crippen LogP contribution is 2.33. The number of nitrogens with zero attached hydrogens (tertiary/aromatic N) is 2. The normalized spacial score (nSPS) is 13.8. The Morgan fingerprint density at radius 1 is 0.682 bits per heavy atom. The Bertz CT molecular complexity index is 1700. The lowest BCUT2D eigenvalue weighted by Gasteiger charge is -2.15. The van der Waals surface area contributed by atoms with Gasteiger partial charge in [-0.25, -0.2) is 0 Å². The van der Waals surface area contributed by atoms with Crippen LogP contribution in [0.25, 0.3) is 0 Å². The summed E-state index contributed by atoms with van der Waals surface area (Å²) in [5.41, 5.74) is 8.68. The second-order valence-corrected chi connectivity index (χ2v) is 11.4. The molecule has 0 atom stereocenters. The van der Waals surface area contributed by atoms with Crippen molar-refractivity contribution in [3.63, 3.8) is 0 Å². The van der Waals surface area contributed by atoms with Crippen LogP contribution in [0, 0.1) is 13.8 Å². The molecule has 2 aliphatic heterocycles. The van der Waals surface area contributed by atoms with E-state index in [9.17, 15) is 4.79 Å². The van der Waals surface area contributed by atoms with E-state index in [0.29, 0.717) is 33.0 Å². The molecule has 0 spiro atoms. The first kappa shape index (κ1) is 31.2. The van der Waals surface area contributed by atoms with Crippen LogP contribution in [0.4, 0.5) is 11.4 Å². The number of carbonyl (C=O) groups is 1. The van der Waals surface area contributed by atoms with Gasteiger partial charge < -0.3 is 20.1 Å². The van der Waals surface area contributed by atoms with Gasteiger partial charge in [-0.05, 0) is 49.2 Å². The molecule has 0 saturated heterocycles. The van der Waals surface area contributed by atoms with E-state index in [0.717, 1.165) is 56.3 Å². The summed E-state index contributed by atoms with van der Waals surface area (Å²) >= 11 is 18.0. The molecule has 6 rings (SSSR count). The van der Waals surface area contributed by atoms with Crippen molar-refractivity contribution in [1.29, 1.82) is 0 Å². The van der Waals surface area contributed by atoms with Gasteiger partial charge in [0.2, 0.25) is 5.91 Å². The van der Waals surface area contributed by atoms with Crippen molar-refractivity contribution in [3.05, 3.63) is 116 Å². The third-order valence-electron chi connectivity index (χ3n) is 7.15. The largest absolute Gasteiger partial charge is 0.496 e. The number of aliphatic imine (C=N–C) groups is 2. The molecule has 4 aromatic carbocycles. The minimum atomic E-state index is -0.158. The molecule has 10 heteroatoms. The highest BCUT2D eigenvalue weighted by Gasteiger charge is 2.22. The molecule has 44 heavy (non-hydrogen) atoms. The maximum atomic E-state index is 11.9. The topological polar surface area (TPSA) is 84.3 Å². The minimum Gasteiger partial charge on any atom is -0.496 e. The fourth-order valence-corrected chi connectivity index (χ4v) is 5.66. The molecule has 0 radical (unpaired) electrons. The number of aryl methyl sites for hydroxylation is 2. The van der Waals surface area contributed by atoms with E-state index in [2.05, 4.69) is 26.7 Å².